The van der Waals surface area contributed by atoms with Crippen LogP contribution in [0.25, 0.3) is 0 Å². The molecule has 1 saturated heterocycles. The standard InChI is InChI=1S/C9H17N3/c1-2-5-11-9(3-1)12-8-4-6-10-7-8/h8,10H,1-7H2,(H,11,12). The van der Waals surface area contributed by atoms with Crippen molar-refractivity contribution in [2.75, 3.05) is 19.6 Å². The fraction of sp³-hybridized carbons (Fsp3) is 0.889. The molecule has 0 amide bonds. The molecule has 2 rings (SSSR count). The van der Waals surface area contributed by atoms with Crippen LogP contribution >= 0.6 is 0 Å². The van der Waals surface area contributed by atoms with Gasteiger partial charge in [0.15, 0.2) is 0 Å². The van der Waals surface area contributed by atoms with E-state index >= 15 is 0 Å². The first-order valence-electron chi connectivity index (χ1n) is 4.96. The zero-order valence-electron chi connectivity index (χ0n) is 7.47. The van der Waals surface area contributed by atoms with E-state index in [9.17, 15) is 0 Å². The lowest BCUT2D eigenvalue weighted by Crippen LogP contribution is -2.37. The lowest BCUT2D eigenvalue weighted by atomic mass is 10.1. The second kappa shape index (κ2) is 3.90. The van der Waals surface area contributed by atoms with E-state index in [0.29, 0.717) is 6.04 Å². The molecule has 12 heavy (non-hydrogen) atoms. The molecule has 2 heterocycles. The molecule has 0 aromatic rings. The molecule has 0 aromatic carbocycles. The predicted octanol–water partition coefficient (Wildman–Crippen LogP) is 0.520. The van der Waals surface area contributed by atoms with Gasteiger partial charge in [-0.2, -0.15) is 0 Å². The van der Waals surface area contributed by atoms with Crippen LogP contribution in [-0.4, -0.2) is 31.5 Å². The van der Waals surface area contributed by atoms with Crippen LogP contribution in [0.2, 0.25) is 0 Å². The molecule has 0 radical (unpaired) electrons. The van der Waals surface area contributed by atoms with Crippen molar-refractivity contribution in [1.82, 2.24) is 10.6 Å². The van der Waals surface area contributed by atoms with Gasteiger partial charge in [0, 0.05) is 25.6 Å². The van der Waals surface area contributed by atoms with Crippen LogP contribution in [-0.2, 0) is 0 Å². The van der Waals surface area contributed by atoms with E-state index in [1.807, 2.05) is 0 Å². The number of rotatable bonds is 1. The highest BCUT2D eigenvalue weighted by Gasteiger charge is 2.15. The molecule has 1 atom stereocenters. The average molecular weight is 167 g/mol. The van der Waals surface area contributed by atoms with Crippen LogP contribution < -0.4 is 10.6 Å². The van der Waals surface area contributed by atoms with Gasteiger partial charge in [0.2, 0.25) is 0 Å². The molecule has 2 aliphatic heterocycles. The second-order valence-electron chi connectivity index (χ2n) is 3.62. The van der Waals surface area contributed by atoms with E-state index in [-0.39, 0.29) is 0 Å². The number of hydrogen-bond acceptors (Lipinski definition) is 3. The highest BCUT2D eigenvalue weighted by atomic mass is 15.1. The maximum atomic E-state index is 4.47. The molecule has 0 aliphatic carbocycles. The van der Waals surface area contributed by atoms with Crippen LogP contribution in [0.4, 0.5) is 0 Å². The van der Waals surface area contributed by atoms with Gasteiger partial charge >= 0.3 is 0 Å². The Bertz CT molecular complexity index is 171. The van der Waals surface area contributed by atoms with Crippen LogP contribution in [0.5, 0.6) is 0 Å². The fourth-order valence-electron chi connectivity index (χ4n) is 1.83. The third kappa shape index (κ3) is 1.97. The molecule has 1 unspecified atom stereocenters. The van der Waals surface area contributed by atoms with Crippen molar-refractivity contribution in [2.24, 2.45) is 4.99 Å². The third-order valence-corrected chi connectivity index (χ3v) is 2.56. The molecule has 2 N–H and O–H groups in total. The van der Waals surface area contributed by atoms with Crippen molar-refractivity contribution in [2.45, 2.75) is 31.7 Å². The first-order chi connectivity index (χ1) is 5.95. The molecule has 0 bridgehead atoms. The van der Waals surface area contributed by atoms with E-state index in [2.05, 4.69) is 15.6 Å². The summed E-state index contributed by atoms with van der Waals surface area (Å²) in [5, 5.41) is 6.85. The Hall–Kier alpha value is -0.570. The Kier molecular flexibility index (Phi) is 2.61. The highest BCUT2D eigenvalue weighted by Crippen LogP contribution is 2.06. The van der Waals surface area contributed by atoms with Crippen LogP contribution in [0.15, 0.2) is 4.99 Å². The van der Waals surface area contributed by atoms with E-state index in [0.717, 1.165) is 26.1 Å². The molecule has 1 fully saturated rings. The molecular weight excluding hydrogens is 150 g/mol. The van der Waals surface area contributed by atoms with Gasteiger partial charge in [0.25, 0.3) is 0 Å². The highest BCUT2D eigenvalue weighted by molar-refractivity contribution is 5.82. The molecule has 0 spiro atoms. The third-order valence-electron chi connectivity index (χ3n) is 2.56. The number of nitrogens with one attached hydrogen (secondary N) is 2. The van der Waals surface area contributed by atoms with E-state index < -0.39 is 0 Å². The Balaban J connectivity index is 1.80. The Labute approximate surface area is 73.6 Å². The molecule has 2 aliphatic rings. The quantitative estimate of drug-likeness (QED) is 0.597. The number of amidine groups is 1. The van der Waals surface area contributed by atoms with Gasteiger partial charge in [0.1, 0.15) is 0 Å². The van der Waals surface area contributed by atoms with Crippen molar-refractivity contribution in [3.63, 3.8) is 0 Å². The van der Waals surface area contributed by atoms with Gasteiger partial charge in [-0.3, -0.25) is 4.99 Å². The lowest BCUT2D eigenvalue weighted by molar-refractivity contribution is 0.627. The van der Waals surface area contributed by atoms with Gasteiger partial charge in [-0.15, -0.1) is 0 Å². The van der Waals surface area contributed by atoms with Crippen molar-refractivity contribution in [3.8, 4) is 0 Å². The Morgan fingerprint density at radius 2 is 2.42 bits per heavy atom. The minimum Gasteiger partial charge on any atom is -0.370 e. The minimum absolute atomic E-state index is 0.641. The zero-order valence-corrected chi connectivity index (χ0v) is 7.47. The molecule has 68 valence electrons. The largest absolute Gasteiger partial charge is 0.370 e. The molecule has 0 aromatic heterocycles. The molecular formula is C9H17N3. The Morgan fingerprint density at radius 3 is 3.08 bits per heavy atom. The van der Waals surface area contributed by atoms with Crippen molar-refractivity contribution in [1.29, 1.82) is 0 Å². The molecule has 3 nitrogen and oxygen atoms in total. The van der Waals surface area contributed by atoms with Crippen molar-refractivity contribution in [3.05, 3.63) is 0 Å². The zero-order chi connectivity index (χ0) is 8.23. The average Bonchev–Trinajstić information content (AvgIpc) is 2.59. The van der Waals surface area contributed by atoms with Gasteiger partial charge < -0.3 is 10.6 Å². The normalized spacial score (nSPS) is 30.0. The fourth-order valence-corrected chi connectivity index (χ4v) is 1.83. The van der Waals surface area contributed by atoms with E-state index in [1.165, 1.54) is 25.1 Å². The lowest BCUT2D eigenvalue weighted by Gasteiger charge is -2.17. The SMILES string of the molecule is C1CCC(NC2CCNC2)=NC1. The van der Waals surface area contributed by atoms with Crippen LogP contribution in [0.3, 0.4) is 0 Å². The number of aliphatic imine (C=N–C) groups is 1. The second-order valence-corrected chi connectivity index (χ2v) is 3.62. The molecule has 3 heteroatoms. The maximum Gasteiger partial charge on any atom is 0.0965 e. The topological polar surface area (TPSA) is 36.4 Å². The van der Waals surface area contributed by atoms with Gasteiger partial charge in [0.05, 0.1) is 5.84 Å². The summed E-state index contributed by atoms with van der Waals surface area (Å²) >= 11 is 0. The smallest absolute Gasteiger partial charge is 0.0965 e. The number of hydrogen-bond donors (Lipinski definition) is 2. The van der Waals surface area contributed by atoms with Crippen LogP contribution in [0, 0.1) is 0 Å². The van der Waals surface area contributed by atoms with Gasteiger partial charge in [-0.25, -0.2) is 0 Å². The summed E-state index contributed by atoms with van der Waals surface area (Å²) in [5.41, 5.74) is 0. The maximum absolute atomic E-state index is 4.47. The summed E-state index contributed by atoms with van der Waals surface area (Å²) in [5.74, 6) is 1.25. The predicted molar refractivity (Wildman–Crippen MR) is 50.6 cm³/mol. The summed E-state index contributed by atoms with van der Waals surface area (Å²) in [4.78, 5) is 4.47. The summed E-state index contributed by atoms with van der Waals surface area (Å²) in [6, 6.07) is 0.641. The summed E-state index contributed by atoms with van der Waals surface area (Å²) < 4.78 is 0. The Morgan fingerprint density at radius 1 is 1.42 bits per heavy atom. The summed E-state index contributed by atoms with van der Waals surface area (Å²) in [6.45, 7) is 3.30. The minimum atomic E-state index is 0.641. The van der Waals surface area contributed by atoms with Crippen molar-refractivity contribution >= 4 is 5.84 Å². The molecule has 0 saturated carbocycles. The first kappa shape index (κ1) is 8.05. The van der Waals surface area contributed by atoms with Gasteiger partial charge in [-0.1, -0.05) is 0 Å². The van der Waals surface area contributed by atoms with Crippen LogP contribution in [0.1, 0.15) is 25.7 Å². The monoisotopic (exact) mass is 167 g/mol. The summed E-state index contributed by atoms with van der Waals surface area (Å²) in [6.07, 6.45) is 5.00. The van der Waals surface area contributed by atoms with E-state index in [4.69, 9.17) is 0 Å². The first-order valence-corrected chi connectivity index (χ1v) is 4.96. The van der Waals surface area contributed by atoms with E-state index in [1.54, 1.807) is 0 Å². The number of nitrogens with zero attached hydrogens (tertiary/aromatic N) is 1. The summed E-state index contributed by atoms with van der Waals surface area (Å²) in [7, 11) is 0. The van der Waals surface area contributed by atoms with Gasteiger partial charge in [-0.05, 0) is 25.8 Å². The van der Waals surface area contributed by atoms with Crippen molar-refractivity contribution < 1.29 is 0 Å².